The molecule has 8 aliphatic rings. The van der Waals surface area contributed by atoms with Gasteiger partial charge in [-0.25, -0.2) is 0 Å². The van der Waals surface area contributed by atoms with Crippen molar-refractivity contribution in [2.75, 3.05) is 0 Å². The second-order valence-corrected chi connectivity index (χ2v) is 36.2. The highest BCUT2D eigenvalue weighted by Crippen LogP contribution is 2.42. The number of hydrogen-bond donors (Lipinski definition) is 8. The lowest BCUT2D eigenvalue weighted by Gasteiger charge is -2.37. The Morgan fingerprint density at radius 2 is 0.694 bits per heavy atom. The SMILES string of the molecule is CCC1C(O)CCCC1C(C)C.CCC1CC(C(C)C)CCC1O.CCC1CCC(C(C)C)CC1O.CCC1CCC(O)C(C(C)C)C1.CCC1CCC(O)CC1C(C)C.CCC1CCCC(C(C)C)C1O.CCCCC1CCC(O)C(CC)C1.CCCCC1CCCC(O)C1CC. The lowest BCUT2D eigenvalue weighted by molar-refractivity contribution is -0.00362. The summed E-state index contributed by atoms with van der Waals surface area (Å²) in [5.74, 6) is 15.6. The molecule has 8 saturated carbocycles. The summed E-state index contributed by atoms with van der Waals surface area (Å²) < 4.78 is 0. The smallest absolute Gasteiger partial charge is 0.0598 e. The Bertz CT molecular complexity index is 1800. The van der Waals surface area contributed by atoms with Crippen molar-refractivity contribution >= 4 is 0 Å². The van der Waals surface area contributed by atoms with Gasteiger partial charge in [0.2, 0.25) is 0 Å². The second-order valence-electron chi connectivity index (χ2n) is 36.2. The fourth-order valence-corrected chi connectivity index (χ4v) is 20.0. The van der Waals surface area contributed by atoms with Gasteiger partial charge in [0.1, 0.15) is 0 Å². The average Bonchev–Trinajstić information content (AvgIpc) is 1.10. The van der Waals surface area contributed by atoms with Gasteiger partial charge in [0, 0.05) is 0 Å². The van der Waals surface area contributed by atoms with Crippen molar-refractivity contribution in [2.24, 2.45) is 130 Å². The quantitative estimate of drug-likeness (QED) is 0.0598. The lowest BCUT2D eigenvalue weighted by atomic mass is 9.71. The van der Waals surface area contributed by atoms with E-state index in [2.05, 4.69) is 152 Å². The lowest BCUT2D eigenvalue weighted by Crippen LogP contribution is -2.35. The largest absolute Gasteiger partial charge is 0.393 e. The summed E-state index contributed by atoms with van der Waals surface area (Å²) in [5, 5.41) is 78.1. The molecule has 98 heavy (non-hydrogen) atoms. The van der Waals surface area contributed by atoms with Crippen molar-refractivity contribution in [2.45, 2.75) is 445 Å². The summed E-state index contributed by atoms with van der Waals surface area (Å²) in [5.41, 5.74) is 0. The summed E-state index contributed by atoms with van der Waals surface area (Å²) in [4.78, 5) is 0. The van der Waals surface area contributed by atoms with Crippen LogP contribution < -0.4 is 0 Å². The van der Waals surface area contributed by atoms with Crippen LogP contribution in [0.15, 0.2) is 0 Å². The van der Waals surface area contributed by atoms with Crippen LogP contribution in [0.2, 0.25) is 0 Å². The van der Waals surface area contributed by atoms with Crippen LogP contribution >= 0.6 is 0 Å². The second kappa shape index (κ2) is 54.3. The maximum atomic E-state index is 10.00. The molecule has 8 nitrogen and oxygen atoms in total. The molecule has 24 atom stereocenters. The Kier molecular flexibility index (Phi) is 53.0. The average molecular weight is 1390 g/mol. The van der Waals surface area contributed by atoms with E-state index in [1.165, 1.54) is 154 Å². The minimum absolute atomic E-state index is 0.000561. The first-order chi connectivity index (χ1) is 46.5. The minimum atomic E-state index is -0.0243. The summed E-state index contributed by atoms with van der Waals surface area (Å²) in [6.45, 7) is 49.4. The third kappa shape index (κ3) is 35.8. The van der Waals surface area contributed by atoms with E-state index in [1.54, 1.807) is 0 Å². The van der Waals surface area contributed by atoms with Gasteiger partial charge in [-0.2, -0.15) is 0 Å². The van der Waals surface area contributed by atoms with E-state index in [9.17, 15) is 40.9 Å². The van der Waals surface area contributed by atoms with Gasteiger partial charge >= 0.3 is 0 Å². The molecule has 0 bridgehead atoms. The zero-order valence-corrected chi connectivity index (χ0v) is 69.8. The van der Waals surface area contributed by atoms with Crippen LogP contribution in [0.1, 0.15) is 396 Å². The number of unbranched alkanes of at least 4 members (excludes halogenated alkanes) is 2. The molecule has 8 rings (SSSR count). The minimum Gasteiger partial charge on any atom is -0.393 e. The van der Waals surface area contributed by atoms with Crippen LogP contribution in [0.3, 0.4) is 0 Å². The van der Waals surface area contributed by atoms with Crippen molar-refractivity contribution in [1.82, 2.24) is 0 Å². The molecule has 0 heterocycles. The van der Waals surface area contributed by atoms with Crippen LogP contribution in [0.4, 0.5) is 0 Å². The monoisotopic (exact) mass is 1390 g/mol. The molecule has 8 fully saturated rings. The van der Waals surface area contributed by atoms with E-state index in [-0.39, 0.29) is 48.8 Å². The highest BCUT2D eigenvalue weighted by Gasteiger charge is 2.37. The first-order valence-electron chi connectivity index (χ1n) is 43.9. The Morgan fingerprint density at radius 1 is 0.255 bits per heavy atom. The van der Waals surface area contributed by atoms with Crippen molar-refractivity contribution in [3.05, 3.63) is 0 Å². The van der Waals surface area contributed by atoms with E-state index in [0.29, 0.717) is 59.2 Å². The fraction of sp³-hybridized carbons (Fsp3) is 1.00. The van der Waals surface area contributed by atoms with Crippen LogP contribution in [-0.2, 0) is 0 Å². The molecule has 0 saturated heterocycles. The predicted octanol–water partition coefficient (Wildman–Crippen LogP) is 23.7. The van der Waals surface area contributed by atoms with E-state index < -0.39 is 0 Å². The first kappa shape index (κ1) is 95.7. The number of aliphatic hydroxyl groups excluding tert-OH is 8. The molecule has 0 aliphatic heterocycles. The van der Waals surface area contributed by atoms with Gasteiger partial charge in [0.25, 0.3) is 0 Å². The maximum absolute atomic E-state index is 10.00. The highest BCUT2D eigenvalue weighted by molar-refractivity contribution is 4.88. The topological polar surface area (TPSA) is 162 Å². The van der Waals surface area contributed by atoms with E-state index >= 15 is 0 Å². The van der Waals surface area contributed by atoms with Crippen LogP contribution in [-0.4, -0.2) is 89.7 Å². The van der Waals surface area contributed by atoms with Crippen molar-refractivity contribution in [1.29, 1.82) is 0 Å². The maximum Gasteiger partial charge on any atom is 0.0598 e. The highest BCUT2D eigenvalue weighted by atomic mass is 16.3. The number of aliphatic hydroxyl groups is 8. The third-order valence-corrected chi connectivity index (χ3v) is 27.7. The van der Waals surface area contributed by atoms with Gasteiger partial charge < -0.3 is 40.9 Å². The molecule has 0 spiro atoms. The molecular weight excluding hydrogens is 1210 g/mol. The standard InChI is InChI=1S/2C12H24O.6C11H22O/c1-3-5-7-10-8-6-9-12(13)11(10)4-2;1-3-5-6-10-7-8-12(13)11(4-2)9-10;1-4-9-7-10(8(2)3)5-6-11(9)12;1-4-9-5-6-10(12)7-11(9)8(2)3;1-4-9-5-6-10(8(2)3)7-11(9)12;1-4-9-5-6-11(12)10(7-9)8(2)3;1-4-9-10(8(2)3)6-5-7-11(9)12;1-4-9-6-5-7-10(8(2)3)11(9)12/h2*10-13H,3-9H2,1-2H3;6*8-12H,4-7H2,1-3H3. The Labute approximate surface area is 613 Å². The molecule has 588 valence electrons. The van der Waals surface area contributed by atoms with Gasteiger partial charge in [0.15, 0.2) is 0 Å². The Balaban J connectivity index is 0.000000560. The molecule has 0 radical (unpaired) electrons. The van der Waals surface area contributed by atoms with Crippen molar-refractivity contribution in [3.63, 3.8) is 0 Å². The van der Waals surface area contributed by atoms with Crippen molar-refractivity contribution in [3.8, 4) is 0 Å². The van der Waals surface area contributed by atoms with Crippen LogP contribution in [0.5, 0.6) is 0 Å². The molecule has 8 heteroatoms. The van der Waals surface area contributed by atoms with Crippen LogP contribution in [0, 0.1) is 130 Å². The van der Waals surface area contributed by atoms with E-state index in [4.69, 9.17) is 0 Å². The van der Waals surface area contributed by atoms with Crippen LogP contribution in [0.25, 0.3) is 0 Å². The summed E-state index contributed by atoms with van der Waals surface area (Å²) >= 11 is 0. The summed E-state index contributed by atoms with van der Waals surface area (Å²) in [6.07, 6.45) is 45.9. The first-order valence-corrected chi connectivity index (χ1v) is 43.9. The Hall–Kier alpha value is -0.320. The summed E-state index contributed by atoms with van der Waals surface area (Å²) in [7, 11) is 0. The number of hydrogen-bond acceptors (Lipinski definition) is 8. The summed E-state index contributed by atoms with van der Waals surface area (Å²) in [6, 6.07) is 0. The molecule has 0 aromatic rings. The molecule has 0 aromatic carbocycles. The normalized spacial score (nSPS) is 36.6. The zero-order valence-electron chi connectivity index (χ0n) is 69.8. The van der Waals surface area contributed by atoms with Crippen molar-refractivity contribution < 1.29 is 40.9 Å². The molecule has 8 aliphatic carbocycles. The Morgan fingerprint density at radius 3 is 1.18 bits per heavy atom. The van der Waals surface area contributed by atoms with Gasteiger partial charge in [0.05, 0.1) is 48.8 Å². The third-order valence-electron chi connectivity index (χ3n) is 27.7. The predicted molar refractivity (Wildman–Crippen MR) is 425 cm³/mol. The fourth-order valence-electron chi connectivity index (χ4n) is 20.0. The van der Waals surface area contributed by atoms with Gasteiger partial charge in [-0.05, 0) is 265 Å². The molecule has 0 amide bonds. The van der Waals surface area contributed by atoms with Gasteiger partial charge in [-0.15, -0.1) is 0 Å². The van der Waals surface area contributed by atoms with E-state index in [1.807, 2.05) is 0 Å². The van der Waals surface area contributed by atoms with E-state index in [0.717, 1.165) is 161 Å². The van der Waals surface area contributed by atoms with Gasteiger partial charge in [-0.1, -0.05) is 261 Å². The molecule has 0 aromatic heterocycles. The molecule has 24 unspecified atom stereocenters. The zero-order chi connectivity index (χ0) is 74.2. The molecular formula is C90H180O8. The number of rotatable bonds is 20. The van der Waals surface area contributed by atoms with Gasteiger partial charge in [-0.3, -0.25) is 0 Å². The molecule has 8 N–H and O–H groups in total.